The highest BCUT2D eigenvalue weighted by atomic mass is 32.1. The molecule has 0 radical (unpaired) electrons. The monoisotopic (exact) mass is 334 g/mol. The van der Waals surface area contributed by atoms with E-state index in [1.807, 2.05) is 11.5 Å². The first-order valence-corrected chi connectivity index (χ1v) is 9.32. The lowest BCUT2D eigenvalue weighted by molar-refractivity contribution is -0.129. The maximum absolute atomic E-state index is 12.5. The van der Waals surface area contributed by atoms with Crippen molar-refractivity contribution in [2.75, 3.05) is 6.54 Å². The molecular weight excluding hydrogens is 308 g/mol. The van der Waals surface area contributed by atoms with Crippen LogP contribution in [0, 0.1) is 34.9 Å². The highest BCUT2D eigenvalue weighted by Crippen LogP contribution is 2.61. The van der Waals surface area contributed by atoms with E-state index in [0.29, 0.717) is 23.3 Å². The lowest BCUT2D eigenvalue weighted by Gasteiger charge is -2.56. The van der Waals surface area contributed by atoms with Crippen molar-refractivity contribution >= 4 is 18.1 Å². The Morgan fingerprint density at radius 1 is 1.30 bits per heavy atom. The lowest BCUT2D eigenvalue weighted by atomic mass is 9.49. The summed E-state index contributed by atoms with van der Waals surface area (Å²) in [7, 11) is 0. The molecule has 23 heavy (non-hydrogen) atoms. The Hall–Kier alpha value is -1.17. The number of nitrogens with one attached hydrogen (secondary N) is 2. The van der Waals surface area contributed by atoms with Crippen LogP contribution >= 0.6 is 12.2 Å². The predicted molar refractivity (Wildman–Crippen MR) is 90.4 cm³/mol. The molecule has 4 aliphatic carbocycles. The summed E-state index contributed by atoms with van der Waals surface area (Å²) >= 11 is 5.19. The van der Waals surface area contributed by atoms with Crippen LogP contribution in [-0.4, -0.2) is 27.2 Å². The molecule has 0 unspecified atom stereocenters. The van der Waals surface area contributed by atoms with Gasteiger partial charge in [-0.15, -0.1) is 0 Å². The molecule has 5 rings (SSSR count). The number of carbonyl (C=O) groups excluding carboxylic acids is 1. The summed E-state index contributed by atoms with van der Waals surface area (Å²) in [5.74, 6) is 3.80. The second-order valence-corrected chi connectivity index (χ2v) is 8.56. The van der Waals surface area contributed by atoms with Gasteiger partial charge < -0.3 is 9.88 Å². The molecule has 2 N–H and O–H groups in total. The number of rotatable bonds is 5. The van der Waals surface area contributed by atoms with Crippen molar-refractivity contribution in [2.24, 2.45) is 23.2 Å². The van der Waals surface area contributed by atoms with Gasteiger partial charge in [0.1, 0.15) is 5.82 Å². The average molecular weight is 334 g/mol. The molecule has 4 bridgehead atoms. The number of hydrogen-bond donors (Lipinski definition) is 2. The molecule has 4 aliphatic rings. The van der Waals surface area contributed by atoms with Crippen LogP contribution in [0.2, 0.25) is 0 Å². The Balaban J connectivity index is 1.31. The molecule has 0 saturated heterocycles. The number of aromatic amines is 1. The Labute approximate surface area is 142 Å². The van der Waals surface area contributed by atoms with Gasteiger partial charge >= 0.3 is 0 Å². The molecule has 1 aromatic heterocycles. The molecule has 0 atom stereocenters. The Bertz CT molecular complexity index is 627. The first kappa shape index (κ1) is 15.4. The summed E-state index contributed by atoms with van der Waals surface area (Å²) in [5.41, 5.74) is 0.320. The van der Waals surface area contributed by atoms with Gasteiger partial charge in [0.25, 0.3) is 0 Å². The van der Waals surface area contributed by atoms with Crippen molar-refractivity contribution < 1.29 is 4.79 Å². The maximum Gasteiger partial charge on any atom is 0.220 e. The zero-order chi connectivity index (χ0) is 16.0. The fourth-order valence-electron chi connectivity index (χ4n) is 5.88. The molecule has 0 spiro atoms. The summed E-state index contributed by atoms with van der Waals surface area (Å²) in [6.07, 6.45) is 8.89. The zero-order valence-electron chi connectivity index (χ0n) is 13.8. The average Bonchev–Trinajstić information content (AvgIpc) is 2.77. The molecule has 1 amide bonds. The van der Waals surface area contributed by atoms with E-state index in [2.05, 4.69) is 15.5 Å². The van der Waals surface area contributed by atoms with E-state index in [9.17, 15) is 4.79 Å². The van der Waals surface area contributed by atoms with Gasteiger partial charge in [-0.2, -0.15) is 5.10 Å². The van der Waals surface area contributed by atoms with Gasteiger partial charge in [0, 0.05) is 19.5 Å². The van der Waals surface area contributed by atoms with Crippen LogP contribution < -0.4 is 5.32 Å². The van der Waals surface area contributed by atoms with Gasteiger partial charge in [-0.25, -0.2) is 0 Å². The van der Waals surface area contributed by atoms with E-state index in [1.54, 1.807) is 0 Å². The number of nitrogens with zero attached hydrogens (tertiary/aromatic N) is 2. The fourth-order valence-corrected chi connectivity index (χ4v) is 6.15. The molecule has 4 saturated carbocycles. The molecule has 1 heterocycles. The van der Waals surface area contributed by atoms with Gasteiger partial charge in [-0.3, -0.25) is 9.89 Å². The third-order valence-electron chi connectivity index (χ3n) is 6.31. The molecule has 4 fully saturated rings. The summed E-state index contributed by atoms with van der Waals surface area (Å²) in [4.78, 5) is 12.5. The highest BCUT2D eigenvalue weighted by Gasteiger charge is 2.51. The predicted octanol–water partition coefficient (Wildman–Crippen LogP) is 2.97. The van der Waals surface area contributed by atoms with Crippen LogP contribution in [0.3, 0.4) is 0 Å². The molecule has 0 aromatic carbocycles. The second kappa shape index (κ2) is 5.72. The third kappa shape index (κ3) is 2.97. The number of aromatic nitrogens is 3. The van der Waals surface area contributed by atoms with Crippen molar-refractivity contribution in [2.45, 2.75) is 58.4 Å². The molecular formula is C17H26N4OS. The third-order valence-corrected chi connectivity index (χ3v) is 6.62. The second-order valence-electron chi connectivity index (χ2n) is 8.17. The number of H-pyrrole nitrogens is 1. The zero-order valence-corrected chi connectivity index (χ0v) is 14.6. The first-order valence-electron chi connectivity index (χ1n) is 8.91. The van der Waals surface area contributed by atoms with Gasteiger partial charge in [0.2, 0.25) is 5.91 Å². The number of hydrogen-bond acceptors (Lipinski definition) is 3. The first-order chi connectivity index (χ1) is 11.0. The van der Waals surface area contributed by atoms with Crippen molar-refractivity contribution in [3.8, 4) is 0 Å². The molecule has 0 aliphatic heterocycles. The van der Waals surface area contributed by atoms with Crippen LogP contribution in [0.1, 0.15) is 50.8 Å². The Morgan fingerprint density at radius 2 is 1.91 bits per heavy atom. The minimum absolute atomic E-state index is 0.222. The van der Waals surface area contributed by atoms with E-state index in [-0.39, 0.29) is 5.91 Å². The number of amides is 1. The SMILES string of the molecule is Cc1n[nH]c(=S)n1CCNC(=O)CC12CC3CC(CC(C3)C1)C2. The van der Waals surface area contributed by atoms with Crippen molar-refractivity contribution in [1.29, 1.82) is 0 Å². The summed E-state index contributed by atoms with van der Waals surface area (Å²) < 4.78 is 2.55. The van der Waals surface area contributed by atoms with Crippen LogP contribution in [-0.2, 0) is 11.3 Å². The van der Waals surface area contributed by atoms with Crippen LogP contribution in [0.5, 0.6) is 0 Å². The normalized spacial score (nSPS) is 34.7. The summed E-state index contributed by atoms with van der Waals surface area (Å²) in [5, 5.41) is 9.98. The van der Waals surface area contributed by atoms with Crippen molar-refractivity contribution in [3.63, 3.8) is 0 Å². The molecule has 6 heteroatoms. The maximum atomic E-state index is 12.5. The van der Waals surface area contributed by atoms with Crippen molar-refractivity contribution in [3.05, 3.63) is 10.6 Å². The quantitative estimate of drug-likeness (QED) is 0.814. The van der Waals surface area contributed by atoms with Gasteiger partial charge in [0.15, 0.2) is 4.77 Å². The van der Waals surface area contributed by atoms with E-state index in [4.69, 9.17) is 12.2 Å². The van der Waals surface area contributed by atoms with Gasteiger partial charge in [-0.05, 0) is 80.8 Å². The topological polar surface area (TPSA) is 62.7 Å². The number of carbonyl (C=O) groups is 1. The minimum Gasteiger partial charge on any atom is -0.354 e. The van der Waals surface area contributed by atoms with E-state index < -0.39 is 0 Å². The van der Waals surface area contributed by atoms with Gasteiger partial charge in [0.05, 0.1) is 0 Å². The Morgan fingerprint density at radius 3 is 2.43 bits per heavy atom. The van der Waals surface area contributed by atoms with Crippen LogP contribution in [0.4, 0.5) is 0 Å². The highest BCUT2D eigenvalue weighted by molar-refractivity contribution is 7.71. The number of aryl methyl sites for hydroxylation is 1. The smallest absolute Gasteiger partial charge is 0.220 e. The van der Waals surface area contributed by atoms with Crippen LogP contribution in [0.15, 0.2) is 0 Å². The molecule has 1 aromatic rings. The minimum atomic E-state index is 0.222. The largest absolute Gasteiger partial charge is 0.354 e. The standard InChI is InChI=1S/C17H26N4OS/c1-11-19-20-16(23)21(11)3-2-18-15(22)10-17-7-12-4-13(8-17)6-14(5-12)9-17/h12-14H,2-10H2,1H3,(H,18,22)(H,20,23). The fraction of sp³-hybridized carbons (Fsp3) is 0.824. The van der Waals surface area contributed by atoms with E-state index in [0.717, 1.165) is 30.0 Å². The van der Waals surface area contributed by atoms with Gasteiger partial charge in [-0.1, -0.05) is 0 Å². The summed E-state index contributed by atoms with van der Waals surface area (Å²) in [6.45, 7) is 3.23. The Kier molecular flexibility index (Phi) is 3.82. The summed E-state index contributed by atoms with van der Waals surface area (Å²) in [6, 6.07) is 0. The van der Waals surface area contributed by atoms with E-state index >= 15 is 0 Å². The lowest BCUT2D eigenvalue weighted by Crippen LogP contribution is -2.48. The van der Waals surface area contributed by atoms with E-state index in [1.165, 1.54) is 38.5 Å². The molecule has 5 nitrogen and oxygen atoms in total. The van der Waals surface area contributed by atoms with Crippen molar-refractivity contribution in [1.82, 2.24) is 20.1 Å². The molecule has 126 valence electrons. The van der Waals surface area contributed by atoms with Crippen LogP contribution in [0.25, 0.3) is 0 Å².